The van der Waals surface area contributed by atoms with Crippen molar-refractivity contribution < 1.29 is 24.3 Å². The van der Waals surface area contributed by atoms with E-state index < -0.39 is 18.6 Å². The molecule has 0 saturated carbocycles. The number of aliphatic carboxylic acids is 1. The largest absolute Gasteiger partial charge is 0.479 e. The molecule has 0 aromatic carbocycles. The molecule has 18 heavy (non-hydrogen) atoms. The second-order valence-electron chi connectivity index (χ2n) is 4.19. The summed E-state index contributed by atoms with van der Waals surface area (Å²) in [5.74, 6) is -1.27. The van der Waals surface area contributed by atoms with Gasteiger partial charge in [0.2, 0.25) is 5.91 Å². The molecule has 102 valence electrons. The number of urea groups is 1. The zero-order valence-electron chi connectivity index (χ0n) is 9.92. The molecular formula is C10H17N3O5. The molecule has 0 aromatic rings. The molecule has 1 saturated heterocycles. The van der Waals surface area contributed by atoms with Crippen molar-refractivity contribution in [2.75, 3.05) is 19.7 Å². The SMILES string of the molecule is NC(=O)CC1CCN(C(=O)NOCC(=O)O)CC1. The Balaban J connectivity index is 2.23. The first kappa shape index (κ1) is 14.2. The van der Waals surface area contributed by atoms with Crippen molar-refractivity contribution in [1.29, 1.82) is 0 Å². The summed E-state index contributed by atoms with van der Waals surface area (Å²) in [6.07, 6.45) is 1.75. The second-order valence-corrected chi connectivity index (χ2v) is 4.19. The van der Waals surface area contributed by atoms with Crippen LogP contribution in [0, 0.1) is 5.92 Å². The number of hydrogen-bond donors (Lipinski definition) is 3. The van der Waals surface area contributed by atoms with Crippen LogP contribution in [0.25, 0.3) is 0 Å². The topological polar surface area (TPSA) is 122 Å². The zero-order valence-corrected chi connectivity index (χ0v) is 9.92. The van der Waals surface area contributed by atoms with Crippen molar-refractivity contribution in [3.63, 3.8) is 0 Å². The van der Waals surface area contributed by atoms with Crippen LogP contribution in [0.15, 0.2) is 0 Å². The summed E-state index contributed by atoms with van der Waals surface area (Å²) in [5, 5.41) is 8.32. The van der Waals surface area contributed by atoms with Gasteiger partial charge in [-0.15, -0.1) is 0 Å². The second kappa shape index (κ2) is 6.80. The van der Waals surface area contributed by atoms with Crippen LogP contribution in [0.5, 0.6) is 0 Å². The number of hydroxylamine groups is 1. The lowest BCUT2D eigenvalue weighted by Gasteiger charge is -2.31. The minimum absolute atomic E-state index is 0.214. The molecule has 8 heteroatoms. The summed E-state index contributed by atoms with van der Waals surface area (Å²) in [6, 6.07) is -0.464. The number of carbonyl (C=O) groups is 3. The number of piperidine rings is 1. The van der Waals surface area contributed by atoms with Crippen LogP contribution in [-0.4, -0.2) is 47.6 Å². The van der Waals surface area contributed by atoms with E-state index in [9.17, 15) is 14.4 Å². The van der Waals surface area contributed by atoms with Crippen molar-refractivity contribution in [3.8, 4) is 0 Å². The number of hydrogen-bond acceptors (Lipinski definition) is 4. The molecule has 0 aliphatic carbocycles. The van der Waals surface area contributed by atoms with E-state index in [1.54, 1.807) is 0 Å². The number of nitrogens with zero attached hydrogens (tertiary/aromatic N) is 1. The molecule has 0 radical (unpaired) electrons. The third-order valence-electron chi connectivity index (χ3n) is 2.75. The Kier molecular flexibility index (Phi) is 5.37. The van der Waals surface area contributed by atoms with Gasteiger partial charge in [0, 0.05) is 19.5 Å². The maximum absolute atomic E-state index is 11.5. The van der Waals surface area contributed by atoms with Gasteiger partial charge < -0.3 is 15.7 Å². The van der Waals surface area contributed by atoms with E-state index in [2.05, 4.69) is 10.3 Å². The molecule has 0 unspecified atom stereocenters. The molecule has 3 amide bonds. The van der Waals surface area contributed by atoms with E-state index in [0.717, 1.165) is 0 Å². The highest BCUT2D eigenvalue weighted by Gasteiger charge is 2.23. The predicted octanol–water partition coefficient (Wildman–Crippen LogP) is -0.700. The fourth-order valence-electron chi connectivity index (χ4n) is 1.85. The highest BCUT2D eigenvalue weighted by atomic mass is 16.7. The molecule has 0 atom stereocenters. The van der Waals surface area contributed by atoms with Crippen molar-refractivity contribution in [1.82, 2.24) is 10.4 Å². The van der Waals surface area contributed by atoms with E-state index in [0.29, 0.717) is 32.4 Å². The minimum Gasteiger partial charge on any atom is -0.479 e. The van der Waals surface area contributed by atoms with Gasteiger partial charge in [-0.3, -0.25) is 9.63 Å². The van der Waals surface area contributed by atoms with E-state index in [1.807, 2.05) is 0 Å². The summed E-state index contributed by atoms with van der Waals surface area (Å²) in [7, 11) is 0. The van der Waals surface area contributed by atoms with E-state index in [1.165, 1.54) is 4.90 Å². The van der Waals surface area contributed by atoms with Gasteiger partial charge in [-0.2, -0.15) is 0 Å². The Morgan fingerprint density at radius 2 is 1.94 bits per heavy atom. The lowest BCUT2D eigenvalue weighted by atomic mass is 9.93. The average Bonchev–Trinajstić information content (AvgIpc) is 2.28. The summed E-state index contributed by atoms with van der Waals surface area (Å²) in [6.45, 7) is 0.421. The number of nitrogens with two attached hydrogens (primary N) is 1. The molecule has 1 aliphatic rings. The number of likely N-dealkylation sites (tertiary alicyclic amines) is 1. The van der Waals surface area contributed by atoms with Gasteiger partial charge in [-0.05, 0) is 18.8 Å². The first-order valence-corrected chi connectivity index (χ1v) is 5.66. The number of primary amides is 1. The smallest absolute Gasteiger partial charge is 0.341 e. The molecule has 0 spiro atoms. The summed E-state index contributed by atoms with van der Waals surface area (Å²) < 4.78 is 0. The van der Waals surface area contributed by atoms with Crippen LogP contribution < -0.4 is 11.2 Å². The molecule has 4 N–H and O–H groups in total. The van der Waals surface area contributed by atoms with E-state index in [-0.39, 0.29) is 11.8 Å². The molecule has 0 aromatic heterocycles. The lowest BCUT2D eigenvalue weighted by molar-refractivity contribution is -0.144. The number of amides is 3. The Hall–Kier alpha value is -1.83. The van der Waals surface area contributed by atoms with Gasteiger partial charge >= 0.3 is 12.0 Å². The van der Waals surface area contributed by atoms with Gasteiger partial charge in [-0.1, -0.05) is 0 Å². The highest BCUT2D eigenvalue weighted by Crippen LogP contribution is 2.19. The Labute approximate surface area is 104 Å². The van der Waals surface area contributed by atoms with Crippen LogP contribution in [0.1, 0.15) is 19.3 Å². The normalized spacial score (nSPS) is 16.3. The van der Waals surface area contributed by atoms with Gasteiger partial charge in [0.25, 0.3) is 0 Å². The third-order valence-corrected chi connectivity index (χ3v) is 2.75. The van der Waals surface area contributed by atoms with Crippen LogP contribution in [0.3, 0.4) is 0 Å². The van der Waals surface area contributed by atoms with Gasteiger partial charge in [0.1, 0.15) is 0 Å². The number of carbonyl (C=O) groups excluding carboxylic acids is 2. The van der Waals surface area contributed by atoms with Crippen molar-refractivity contribution >= 4 is 17.9 Å². The quantitative estimate of drug-likeness (QED) is 0.563. The maximum Gasteiger partial charge on any atom is 0.341 e. The van der Waals surface area contributed by atoms with Crippen LogP contribution in [0.2, 0.25) is 0 Å². The number of carboxylic acids is 1. The maximum atomic E-state index is 11.5. The molecule has 1 heterocycles. The molecular weight excluding hydrogens is 242 g/mol. The van der Waals surface area contributed by atoms with Gasteiger partial charge in [0.05, 0.1) is 0 Å². The van der Waals surface area contributed by atoms with E-state index in [4.69, 9.17) is 10.8 Å². The lowest BCUT2D eigenvalue weighted by Crippen LogP contribution is -2.45. The average molecular weight is 259 g/mol. The highest BCUT2D eigenvalue weighted by molar-refractivity contribution is 5.75. The summed E-state index contributed by atoms with van der Waals surface area (Å²) in [5.41, 5.74) is 7.16. The number of nitrogens with one attached hydrogen (secondary N) is 1. The predicted molar refractivity (Wildman–Crippen MR) is 60.2 cm³/mol. The summed E-state index contributed by atoms with van der Waals surface area (Å²) >= 11 is 0. The Bertz CT molecular complexity index is 325. The van der Waals surface area contributed by atoms with E-state index >= 15 is 0 Å². The fourth-order valence-corrected chi connectivity index (χ4v) is 1.85. The van der Waals surface area contributed by atoms with Crippen LogP contribution in [-0.2, 0) is 14.4 Å². The first-order chi connectivity index (χ1) is 8.49. The first-order valence-electron chi connectivity index (χ1n) is 5.66. The van der Waals surface area contributed by atoms with Crippen molar-refractivity contribution in [3.05, 3.63) is 0 Å². The molecule has 8 nitrogen and oxygen atoms in total. The molecule has 1 aliphatic heterocycles. The Morgan fingerprint density at radius 1 is 1.33 bits per heavy atom. The molecule has 1 rings (SSSR count). The van der Waals surface area contributed by atoms with Crippen molar-refractivity contribution in [2.24, 2.45) is 11.7 Å². The minimum atomic E-state index is -1.16. The zero-order chi connectivity index (χ0) is 13.5. The fraction of sp³-hybridized carbons (Fsp3) is 0.700. The summed E-state index contributed by atoms with van der Waals surface area (Å²) in [4.78, 5) is 38.4. The Morgan fingerprint density at radius 3 is 2.44 bits per heavy atom. The van der Waals surface area contributed by atoms with Crippen LogP contribution in [0.4, 0.5) is 4.79 Å². The van der Waals surface area contributed by atoms with Crippen LogP contribution >= 0.6 is 0 Å². The van der Waals surface area contributed by atoms with Gasteiger partial charge in [0.15, 0.2) is 6.61 Å². The van der Waals surface area contributed by atoms with Crippen molar-refractivity contribution in [2.45, 2.75) is 19.3 Å². The molecule has 0 bridgehead atoms. The molecule has 1 fully saturated rings. The monoisotopic (exact) mass is 259 g/mol. The third kappa shape index (κ3) is 5.00. The standard InChI is InChI=1S/C10H17N3O5/c11-8(14)5-7-1-3-13(4-2-7)10(17)12-18-6-9(15)16/h7H,1-6H2,(H2,11,14)(H,12,17)(H,15,16). The number of rotatable bonds is 5. The van der Waals surface area contributed by atoms with Gasteiger partial charge in [-0.25, -0.2) is 15.1 Å². The number of carboxylic acid groups (broad SMARTS) is 1.